The van der Waals surface area contributed by atoms with Gasteiger partial charge in [0.05, 0.1) is 5.69 Å². The molecule has 4 nitrogen and oxygen atoms in total. The Bertz CT molecular complexity index is 323. The molecular formula is C12H22N4. The Morgan fingerprint density at radius 3 is 2.62 bits per heavy atom. The average Bonchev–Trinajstić information content (AvgIpc) is 2.19. The first-order chi connectivity index (χ1) is 7.50. The van der Waals surface area contributed by atoms with Crippen LogP contribution >= 0.6 is 0 Å². The molecule has 4 heteroatoms. The van der Waals surface area contributed by atoms with Crippen molar-refractivity contribution >= 4 is 11.5 Å². The molecule has 1 rings (SSSR count). The van der Waals surface area contributed by atoms with E-state index in [-0.39, 0.29) is 0 Å². The number of nitrogens with one attached hydrogen (secondary N) is 1. The van der Waals surface area contributed by atoms with E-state index in [0.717, 1.165) is 12.4 Å². The van der Waals surface area contributed by atoms with Gasteiger partial charge in [0.2, 0.25) is 0 Å². The number of hydrogen-bond acceptors (Lipinski definition) is 4. The van der Waals surface area contributed by atoms with E-state index in [4.69, 9.17) is 5.73 Å². The molecule has 0 saturated heterocycles. The smallest absolute Gasteiger partial charge is 0.149 e. The maximum atomic E-state index is 5.86. The Morgan fingerprint density at radius 1 is 1.44 bits per heavy atom. The van der Waals surface area contributed by atoms with Gasteiger partial charge in [0.25, 0.3) is 0 Å². The van der Waals surface area contributed by atoms with Crippen LogP contribution in [-0.2, 0) is 0 Å². The van der Waals surface area contributed by atoms with Crippen LogP contribution in [0, 0.1) is 5.92 Å². The summed E-state index contributed by atoms with van der Waals surface area (Å²) in [4.78, 5) is 6.42. The van der Waals surface area contributed by atoms with Crippen LogP contribution in [0.4, 0.5) is 11.5 Å². The Morgan fingerprint density at radius 2 is 2.12 bits per heavy atom. The van der Waals surface area contributed by atoms with Gasteiger partial charge in [0.1, 0.15) is 5.82 Å². The molecule has 1 unspecified atom stereocenters. The van der Waals surface area contributed by atoms with Gasteiger partial charge in [0, 0.05) is 18.8 Å². The third kappa shape index (κ3) is 3.70. The van der Waals surface area contributed by atoms with Gasteiger partial charge in [-0.05, 0) is 32.1 Å². The second-order valence-corrected chi connectivity index (χ2v) is 4.70. The van der Waals surface area contributed by atoms with Crippen molar-refractivity contribution in [2.75, 3.05) is 31.7 Å². The summed E-state index contributed by atoms with van der Waals surface area (Å²) in [6, 6.07) is 4.06. The van der Waals surface area contributed by atoms with Crippen molar-refractivity contribution < 1.29 is 0 Å². The summed E-state index contributed by atoms with van der Waals surface area (Å²) in [5, 5.41) is 3.40. The lowest BCUT2D eigenvalue weighted by Gasteiger charge is -2.26. The average molecular weight is 222 g/mol. The summed E-state index contributed by atoms with van der Waals surface area (Å²) in [5.74, 6) is 1.31. The first-order valence-corrected chi connectivity index (χ1v) is 5.62. The van der Waals surface area contributed by atoms with Crippen molar-refractivity contribution in [1.82, 2.24) is 9.88 Å². The van der Waals surface area contributed by atoms with E-state index in [1.807, 2.05) is 12.1 Å². The van der Waals surface area contributed by atoms with E-state index in [2.05, 4.69) is 43.1 Å². The molecule has 1 aromatic heterocycles. The molecule has 1 heterocycles. The van der Waals surface area contributed by atoms with Crippen LogP contribution in [0.1, 0.15) is 13.8 Å². The van der Waals surface area contributed by atoms with Crippen LogP contribution in [0.15, 0.2) is 18.3 Å². The molecule has 0 fully saturated rings. The number of likely N-dealkylation sites (N-methyl/N-ethyl adjacent to an activating group) is 1. The summed E-state index contributed by atoms with van der Waals surface area (Å²) in [6.45, 7) is 5.36. The molecule has 0 spiro atoms. The normalized spacial score (nSPS) is 13.1. The number of nitrogens with two attached hydrogens (primary N) is 1. The van der Waals surface area contributed by atoms with Crippen LogP contribution in [0.3, 0.4) is 0 Å². The fraction of sp³-hybridized carbons (Fsp3) is 0.583. The third-order valence-corrected chi connectivity index (χ3v) is 2.53. The standard InChI is InChI=1S/C12H22N4/c1-9(2)11(8-16(3)4)15-12-10(13)6-5-7-14-12/h5-7,9,11H,8,13H2,1-4H3,(H,14,15). The van der Waals surface area contributed by atoms with Gasteiger partial charge in [-0.25, -0.2) is 4.98 Å². The highest BCUT2D eigenvalue weighted by Gasteiger charge is 2.15. The largest absolute Gasteiger partial charge is 0.396 e. The van der Waals surface area contributed by atoms with Gasteiger partial charge < -0.3 is 16.0 Å². The maximum Gasteiger partial charge on any atom is 0.149 e. The lowest BCUT2D eigenvalue weighted by Crippen LogP contribution is -2.36. The minimum atomic E-state index is 0.354. The van der Waals surface area contributed by atoms with Gasteiger partial charge in [0.15, 0.2) is 0 Å². The van der Waals surface area contributed by atoms with Crippen molar-refractivity contribution in [3.05, 3.63) is 18.3 Å². The molecule has 0 saturated carbocycles. The minimum Gasteiger partial charge on any atom is -0.396 e. The highest BCUT2D eigenvalue weighted by molar-refractivity contribution is 5.60. The highest BCUT2D eigenvalue weighted by atomic mass is 15.1. The molecule has 1 aromatic rings. The number of nitrogens with zero attached hydrogens (tertiary/aromatic N) is 2. The van der Waals surface area contributed by atoms with Crippen molar-refractivity contribution in [2.45, 2.75) is 19.9 Å². The van der Waals surface area contributed by atoms with Crippen LogP contribution in [0.25, 0.3) is 0 Å². The SMILES string of the molecule is CC(C)C(CN(C)C)Nc1ncccc1N. The summed E-state index contributed by atoms with van der Waals surface area (Å²) < 4.78 is 0. The lowest BCUT2D eigenvalue weighted by atomic mass is 10.0. The molecular weight excluding hydrogens is 200 g/mol. The number of nitrogen functional groups attached to an aromatic ring is 1. The summed E-state index contributed by atoms with van der Waals surface area (Å²) in [5.41, 5.74) is 6.56. The molecule has 0 aliphatic heterocycles. The van der Waals surface area contributed by atoms with Gasteiger partial charge in [-0.1, -0.05) is 13.8 Å². The predicted molar refractivity (Wildman–Crippen MR) is 69.5 cm³/mol. The van der Waals surface area contributed by atoms with Crippen LogP contribution in [0.2, 0.25) is 0 Å². The molecule has 0 aliphatic carbocycles. The second-order valence-electron chi connectivity index (χ2n) is 4.70. The summed E-state index contributed by atoms with van der Waals surface area (Å²) in [7, 11) is 4.14. The predicted octanol–water partition coefficient (Wildman–Crippen LogP) is 1.66. The molecule has 3 N–H and O–H groups in total. The van der Waals surface area contributed by atoms with E-state index in [1.165, 1.54) is 0 Å². The fourth-order valence-corrected chi connectivity index (χ4v) is 1.53. The van der Waals surface area contributed by atoms with Crippen molar-refractivity contribution in [1.29, 1.82) is 0 Å². The van der Waals surface area contributed by atoms with E-state index < -0.39 is 0 Å². The number of rotatable bonds is 5. The topological polar surface area (TPSA) is 54.2 Å². The molecule has 0 aliphatic rings. The van der Waals surface area contributed by atoms with Crippen molar-refractivity contribution in [2.24, 2.45) is 5.92 Å². The Kier molecular flexibility index (Phi) is 4.55. The summed E-state index contributed by atoms with van der Waals surface area (Å²) >= 11 is 0. The zero-order valence-corrected chi connectivity index (χ0v) is 10.6. The molecule has 90 valence electrons. The fourth-order valence-electron chi connectivity index (χ4n) is 1.53. The number of pyridine rings is 1. The quantitative estimate of drug-likeness (QED) is 0.795. The Labute approximate surface area is 97.9 Å². The van der Waals surface area contributed by atoms with Crippen molar-refractivity contribution in [3.8, 4) is 0 Å². The molecule has 0 radical (unpaired) electrons. The molecule has 0 aromatic carbocycles. The van der Waals surface area contributed by atoms with Gasteiger partial charge >= 0.3 is 0 Å². The third-order valence-electron chi connectivity index (χ3n) is 2.53. The van der Waals surface area contributed by atoms with Crippen LogP contribution < -0.4 is 11.1 Å². The zero-order valence-electron chi connectivity index (χ0n) is 10.6. The van der Waals surface area contributed by atoms with E-state index in [0.29, 0.717) is 17.6 Å². The Balaban J connectivity index is 2.72. The van der Waals surface area contributed by atoms with Crippen molar-refractivity contribution in [3.63, 3.8) is 0 Å². The van der Waals surface area contributed by atoms with Gasteiger partial charge in [-0.2, -0.15) is 0 Å². The number of aromatic nitrogens is 1. The monoisotopic (exact) mass is 222 g/mol. The van der Waals surface area contributed by atoms with E-state index >= 15 is 0 Å². The highest BCUT2D eigenvalue weighted by Crippen LogP contribution is 2.17. The number of hydrogen-bond donors (Lipinski definition) is 2. The van der Waals surface area contributed by atoms with Crippen LogP contribution in [0.5, 0.6) is 0 Å². The Hall–Kier alpha value is -1.29. The van der Waals surface area contributed by atoms with E-state index in [9.17, 15) is 0 Å². The second kappa shape index (κ2) is 5.70. The minimum absolute atomic E-state index is 0.354. The molecule has 0 amide bonds. The van der Waals surface area contributed by atoms with E-state index in [1.54, 1.807) is 6.20 Å². The maximum absolute atomic E-state index is 5.86. The molecule has 16 heavy (non-hydrogen) atoms. The van der Waals surface area contributed by atoms with Gasteiger partial charge in [-0.3, -0.25) is 0 Å². The number of anilines is 2. The molecule has 0 bridgehead atoms. The molecule has 1 atom stereocenters. The van der Waals surface area contributed by atoms with Crippen LogP contribution in [-0.4, -0.2) is 36.6 Å². The van der Waals surface area contributed by atoms with Gasteiger partial charge in [-0.15, -0.1) is 0 Å². The summed E-state index contributed by atoms with van der Waals surface area (Å²) in [6.07, 6.45) is 1.76. The first kappa shape index (κ1) is 12.8. The lowest BCUT2D eigenvalue weighted by molar-refractivity contribution is 0.344. The first-order valence-electron chi connectivity index (χ1n) is 5.62. The zero-order chi connectivity index (χ0) is 12.1.